The van der Waals surface area contributed by atoms with E-state index in [1.807, 2.05) is 42.5 Å². The van der Waals surface area contributed by atoms with E-state index in [1.165, 1.54) is 5.57 Å². The zero-order valence-electron chi connectivity index (χ0n) is 7.57. The molecule has 64 valence electrons. The van der Waals surface area contributed by atoms with Gasteiger partial charge >= 0.3 is 0 Å². The minimum Gasteiger partial charge on any atom is -0.249 e. The Bertz CT molecular complexity index is 383. The van der Waals surface area contributed by atoms with Crippen molar-refractivity contribution >= 4 is 11.4 Å². The lowest BCUT2D eigenvalue weighted by molar-refractivity contribution is 1.49. The predicted molar refractivity (Wildman–Crippen MR) is 56.4 cm³/mol. The molecular formula is C12H11N. The molecule has 0 N–H and O–H groups in total. The molecule has 0 fully saturated rings. The molecule has 1 aromatic carbocycles. The number of allylic oxidation sites excluding steroid dienone is 4. The van der Waals surface area contributed by atoms with Gasteiger partial charge in [-0.2, -0.15) is 0 Å². The molecule has 0 atom stereocenters. The first-order valence-electron chi connectivity index (χ1n) is 4.35. The van der Waals surface area contributed by atoms with Crippen LogP contribution in [0.5, 0.6) is 0 Å². The molecule has 1 aliphatic rings. The van der Waals surface area contributed by atoms with Crippen LogP contribution in [0.15, 0.2) is 59.1 Å². The predicted octanol–water partition coefficient (Wildman–Crippen LogP) is 3.28. The lowest BCUT2D eigenvalue weighted by Gasteiger charge is -1.96. The highest BCUT2D eigenvalue weighted by Gasteiger charge is 2.01. The quantitative estimate of drug-likeness (QED) is 0.611. The average Bonchev–Trinajstić information content (AvgIpc) is 2.54. The Morgan fingerprint density at radius 1 is 1.08 bits per heavy atom. The second kappa shape index (κ2) is 3.40. The van der Waals surface area contributed by atoms with Crippen LogP contribution in [-0.4, -0.2) is 5.71 Å². The van der Waals surface area contributed by atoms with Gasteiger partial charge in [0, 0.05) is 0 Å². The van der Waals surface area contributed by atoms with Crippen molar-refractivity contribution in [1.82, 2.24) is 0 Å². The SMILES string of the molecule is CC1=CC=C/C1=N/c1ccccc1. The Balaban J connectivity index is 2.32. The molecule has 2 rings (SSSR count). The third-order valence-electron chi connectivity index (χ3n) is 2.01. The van der Waals surface area contributed by atoms with E-state index in [4.69, 9.17) is 0 Å². The fourth-order valence-electron chi connectivity index (χ4n) is 1.27. The Morgan fingerprint density at radius 2 is 1.85 bits per heavy atom. The van der Waals surface area contributed by atoms with Gasteiger partial charge in [-0.3, -0.25) is 0 Å². The van der Waals surface area contributed by atoms with E-state index in [1.54, 1.807) is 0 Å². The summed E-state index contributed by atoms with van der Waals surface area (Å²) in [4.78, 5) is 4.50. The van der Waals surface area contributed by atoms with E-state index < -0.39 is 0 Å². The van der Waals surface area contributed by atoms with Crippen LogP contribution in [0.2, 0.25) is 0 Å². The first-order chi connectivity index (χ1) is 6.36. The van der Waals surface area contributed by atoms with Gasteiger partial charge in [-0.25, -0.2) is 4.99 Å². The van der Waals surface area contributed by atoms with Gasteiger partial charge in [-0.15, -0.1) is 0 Å². The number of nitrogens with zero attached hydrogens (tertiary/aromatic N) is 1. The fourth-order valence-corrected chi connectivity index (χ4v) is 1.27. The zero-order valence-corrected chi connectivity index (χ0v) is 7.57. The number of hydrogen-bond acceptors (Lipinski definition) is 1. The van der Waals surface area contributed by atoms with Crippen molar-refractivity contribution in [1.29, 1.82) is 0 Å². The molecule has 0 spiro atoms. The zero-order chi connectivity index (χ0) is 9.10. The van der Waals surface area contributed by atoms with Crippen LogP contribution in [-0.2, 0) is 0 Å². The van der Waals surface area contributed by atoms with E-state index >= 15 is 0 Å². The summed E-state index contributed by atoms with van der Waals surface area (Å²) in [7, 11) is 0. The maximum atomic E-state index is 4.50. The molecule has 0 unspecified atom stereocenters. The van der Waals surface area contributed by atoms with Gasteiger partial charge in [-0.05, 0) is 30.7 Å². The molecule has 0 aliphatic heterocycles. The van der Waals surface area contributed by atoms with E-state index in [2.05, 4.69) is 18.0 Å². The van der Waals surface area contributed by atoms with Crippen molar-refractivity contribution in [3.8, 4) is 0 Å². The van der Waals surface area contributed by atoms with Crippen LogP contribution in [0.3, 0.4) is 0 Å². The van der Waals surface area contributed by atoms with Gasteiger partial charge in [0.25, 0.3) is 0 Å². The third-order valence-corrected chi connectivity index (χ3v) is 2.01. The topological polar surface area (TPSA) is 12.4 Å². The van der Waals surface area contributed by atoms with Gasteiger partial charge in [0.2, 0.25) is 0 Å². The number of benzene rings is 1. The standard InChI is InChI=1S/C12H11N/c1-10-6-5-9-12(10)13-11-7-3-2-4-8-11/h2-9H,1H3/b13-12-. The highest BCUT2D eigenvalue weighted by molar-refractivity contribution is 6.11. The second-order valence-corrected chi connectivity index (χ2v) is 3.04. The van der Waals surface area contributed by atoms with Crippen molar-refractivity contribution in [3.63, 3.8) is 0 Å². The molecule has 1 aliphatic carbocycles. The van der Waals surface area contributed by atoms with Crippen LogP contribution >= 0.6 is 0 Å². The summed E-state index contributed by atoms with van der Waals surface area (Å²) < 4.78 is 0. The third kappa shape index (κ3) is 1.75. The summed E-state index contributed by atoms with van der Waals surface area (Å²) in [5.41, 5.74) is 3.30. The summed E-state index contributed by atoms with van der Waals surface area (Å²) in [6.07, 6.45) is 6.13. The van der Waals surface area contributed by atoms with Crippen molar-refractivity contribution in [3.05, 3.63) is 54.1 Å². The summed E-state index contributed by atoms with van der Waals surface area (Å²) in [5.74, 6) is 0. The van der Waals surface area contributed by atoms with Crippen molar-refractivity contribution < 1.29 is 0 Å². The molecule has 0 bridgehead atoms. The summed E-state index contributed by atoms with van der Waals surface area (Å²) in [6, 6.07) is 10.0. The normalized spacial score (nSPS) is 17.9. The number of rotatable bonds is 1. The minimum atomic E-state index is 1.01. The number of hydrogen-bond donors (Lipinski definition) is 0. The summed E-state index contributed by atoms with van der Waals surface area (Å²) in [5, 5.41) is 0. The van der Waals surface area contributed by atoms with Crippen LogP contribution in [0.4, 0.5) is 5.69 Å². The molecular weight excluding hydrogens is 158 g/mol. The van der Waals surface area contributed by atoms with E-state index in [0.29, 0.717) is 0 Å². The van der Waals surface area contributed by atoms with E-state index in [9.17, 15) is 0 Å². The van der Waals surface area contributed by atoms with E-state index in [0.717, 1.165) is 11.4 Å². The smallest absolute Gasteiger partial charge is 0.0666 e. The molecule has 0 radical (unpaired) electrons. The maximum Gasteiger partial charge on any atom is 0.0666 e. The number of para-hydroxylation sites is 1. The molecule has 1 heteroatoms. The monoisotopic (exact) mass is 169 g/mol. The van der Waals surface area contributed by atoms with Crippen LogP contribution < -0.4 is 0 Å². The van der Waals surface area contributed by atoms with E-state index in [-0.39, 0.29) is 0 Å². The van der Waals surface area contributed by atoms with Gasteiger partial charge in [-0.1, -0.05) is 30.4 Å². The van der Waals surface area contributed by atoms with Crippen molar-refractivity contribution in [2.75, 3.05) is 0 Å². The van der Waals surface area contributed by atoms with Crippen LogP contribution in [0.25, 0.3) is 0 Å². The van der Waals surface area contributed by atoms with Gasteiger partial charge < -0.3 is 0 Å². The van der Waals surface area contributed by atoms with Crippen molar-refractivity contribution in [2.45, 2.75) is 6.92 Å². The maximum absolute atomic E-state index is 4.50. The lowest BCUT2D eigenvalue weighted by Crippen LogP contribution is -1.89. The van der Waals surface area contributed by atoms with Gasteiger partial charge in [0.1, 0.15) is 0 Å². The number of aliphatic imine (C=N–C) groups is 1. The minimum absolute atomic E-state index is 1.01. The summed E-state index contributed by atoms with van der Waals surface area (Å²) >= 11 is 0. The molecule has 0 saturated heterocycles. The summed E-state index contributed by atoms with van der Waals surface area (Å²) in [6.45, 7) is 2.07. The second-order valence-electron chi connectivity index (χ2n) is 3.04. The lowest BCUT2D eigenvalue weighted by atomic mass is 10.2. The van der Waals surface area contributed by atoms with Gasteiger partial charge in [0.15, 0.2) is 0 Å². The first-order valence-corrected chi connectivity index (χ1v) is 4.35. The molecule has 0 amide bonds. The first kappa shape index (κ1) is 7.99. The largest absolute Gasteiger partial charge is 0.249 e. The van der Waals surface area contributed by atoms with Gasteiger partial charge in [0.05, 0.1) is 11.4 Å². The fraction of sp³-hybridized carbons (Fsp3) is 0.0833. The molecule has 1 aromatic rings. The molecule has 0 aromatic heterocycles. The highest BCUT2D eigenvalue weighted by atomic mass is 14.7. The van der Waals surface area contributed by atoms with Crippen molar-refractivity contribution in [2.24, 2.45) is 4.99 Å². The Morgan fingerprint density at radius 3 is 2.46 bits per heavy atom. The Kier molecular flexibility index (Phi) is 2.09. The van der Waals surface area contributed by atoms with Crippen LogP contribution in [0, 0.1) is 0 Å². The highest BCUT2D eigenvalue weighted by Crippen LogP contribution is 2.15. The molecule has 13 heavy (non-hydrogen) atoms. The Labute approximate surface area is 78.1 Å². The van der Waals surface area contributed by atoms with Crippen LogP contribution in [0.1, 0.15) is 6.92 Å². The molecule has 0 saturated carbocycles. The average molecular weight is 169 g/mol. The molecule has 0 heterocycles. The molecule has 1 nitrogen and oxygen atoms in total. The Hall–Kier alpha value is -1.63.